The first-order valence-electron chi connectivity index (χ1n) is 6.83. The van der Waals surface area contributed by atoms with Gasteiger partial charge in [0.1, 0.15) is 17.1 Å². The van der Waals surface area contributed by atoms with Gasteiger partial charge in [-0.15, -0.1) is 0 Å². The summed E-state index contributed by atoms with van der Waals surface area (Å²) in [7, 11) is 0. The van der Waals surface area contributed by atoms with Gasteiger partial charge in [-0.25, -0.2) is 13.5 Å². The number of carbonyl (C=O) groups is 1. The molecule has 0 atom stereocenters. The van der Waals surface area contributed by atoms with E-state index < -0.39 is 17.3 Å². The Bertz CT molecular complexity index is 829. The van der Waals surface area contributed by atoms with Gasteiger partial charge in [-0.2, -0.15) is 5.10 Å². The van der Waals surface area contributed by atoms with Crippen LogP contribution in [0.25, 0.3) is 5.70 Å². The molecule has 1 amide bonds. The molecule has 0 unspecified atom stereocenters. The van der Waals surface area contributed by atoms with Gasteiger partial charge in [0.05, 0.1) is 11.1 Å². The minimum atomic E-state index is -2.71. The minimum absolute atomic E-state index is 0.0969. The number of carbonyl (C=O) groups excluding carboxylic acids is 1. The zero-order valence-corrected chi connectivity index (χ0v) is 12.1. The van der Waals surface area contributed by atoms with E-state index in [1.807, 2.05) is 0 Å². The number of hydrogen-bond acceptors (Lipinski definition) is 5. The molecule has 0 bridgehead atoms. The third kappa shape index (κ3) is 2.81. The van der Waals surface area contributed by atoms with Crippen molar-refractivity contribution in [3.05, 3.63) is 52.2 Å². The normalized spacial score (nSPS) is 13.0. The highest BCUT2D eigenvalue weighted by Gasteiger charge is 2.25. The van der Waals surface area contributed by atoms with Crippen molar-refractivity contribution in [1.29, 1.82) is 0 Å². The summed E-state index contributed by atoms with van der Waals surface area (Å²) in [6.07, 6.45) is -0.232. The van der Waals surface area contributed by atoms with E-state index >= 15 is 0 Å². The van der Waals surface area contributed by atoms with Gasteiger partial charge < -0.3 is 10.6 Å². The van der Waals surface area contributed by atoms with Crippen LogP contribution in [0.5, 0.6) is 0 Å². The first-order valence-corrected chi connectivity index (χ1v) is 6.83. The van der Waals surface area contributed by atoms with E-state index in [1.54, 1.807) is 0 Å². The number of rotatable bonds is 4. The van der Waals surface area contributed by atoms with E-state index in [2.05, 4.69) is 15.7 Å². The lowest BCUT2D eigenvalue weighted by Crippen LogP contribution is -2.21. The van der Waals surface area contributed by atoms with E-state index in [9.17, 15) is 23.7 Å². The maximum absolute atomic E-state index is 12.9. The molecule has 1 aromatic carbocycles. The van der Waals surface area contributed by atoms with Crippen molar-refractivity contribution >= 4 is 28.8 Å². The number of aromatic nitrogens is 2. The van der Waals surface area contributed by atoms with Gasteiger partial charge in [-0.05, 0) is 18.2 Å². The Hall–Kier alpha value is -3.30. The van der Waals surface area contributed by atoms with Crippen molar-refractivity contribution in [2.75, 3.05) is 17.2 Å². The van der Waals surface area contributed by atoms with Crippen LogP contribution in [0.4, 0.5) is 26.0 Å². The van der Waals surface area contributed by atoms with Crippen LogP contribution in [0.15, 0.2) is 36.5 Å². The number of nitro groups is 1. The van der Waals surface area contributed by atoms with Crippen molar-refractivity contribution in [3.8, 4) is 0 Å². The second-order valence-electron chi connectivity index (χ2n) is 4.89. The molecular weight excluding hydrogens is 324 g/mol. The molecule has 10 heteroatoms. The fraction of sp³-hybridized carbons (Fsp3) is 0.143. The van der Waals surface area contributed by atoms with E-state index in [0.717, 1.165) is 4.68 Å². The highest BCUT2D eigenvalue weighted by molar-refractivity contribution is 6.07. The number of benzene rings is 1. The zero-order valence-electron chi connectivity index (χ0n) is 12.1. The highest BCUT2D eigenvalue weighted by Crippen LogP contribution is 2.27. The predicted octanol–water partition coefficient (Wildman–Crippen LogP) is 2.58. The maximum atomic E-state index is 12.9. The summed E-state index contributed by atoms with van der Waals surface area (Å²) >= 11 is 0. The second kappa shape index (κ2) is 6.07. The molecule has 1 aliphatic heterocycles. The predicted molar refractivity (Wildman–Crippen MR) is 82.0 cm³/mol. The van der Waals surface area contributed by atoms with Crippen LogP contribution in [0.3, 0.4) is 0 Å². The first kappa shape index (κ1) is 15.6. The Morgan fingerprint density at radius 2 is 2.08 bits per heavy atom. The number of non-ortho nitro benzene ring substituents is 1. The van der Waals surface area contributed by atoms with E-state index in [1.165, 1.54) is 36.5 Å². The quantitative estimate of drug-likeness (QED) is 0.660. The number of nitrogens with zero attached hydrogens (tertiary/aromatic N) is 3. The second-order valence-corrected chi connectivity index (χ2v) is 4.89. The monoisotopic (exact) mass is 335 g/mol. The molecule has 3 rings (SSSR count). The van der Waals surface area contributed by atoms with Crippen LogP contribution in [-0.4, -0.2) is 33.6 Å². The summed E-state index contributed by atoms with van der Waals surface area (Å²) in [6, 6.07) is 5.26. The minimum Gasteiger partial charge on any atom is -0.366 e. The topological polar surface area (TPSA) is 102 Å². The third-order valence-electron chi connectivity index (χ3n) is 3.40. The Kier molecular flexibility index (Phi) is 3.94. The smallest absolute Gasteiger partial charge is 0.280 e. The van der Waals surface area contributed by atoms with Gasteiger partial charge in [0.25, 0.3) is 18.0 Å². The fourth-order valence-corrected chi connectivity index (χ4v) is 2.27. The van der Waals surface area contributed by atoms with Crippen molar-refractivity contribution in [2.45, 2.75) is 6.43 Å². The molecule has 0 aliphatic carbocycles. The summed E-state index contributed by atoms with van der Waals surface area (Å²) < 4.78 is 26.9. The number of halogens is 2. The Morgan fingerprint density at radius 3 is 2.71 bits per heavy atom. The summed E-state index contributed by atoms with van der Waals surface area (Å²) in [4.78, 5) is 22.3. The zero-order chi connectivity index (χ0) is 17.3. The van der Waals surface area contributed by atoms with E-state index in [-0.39, 0.29) is 29.3 Å². The van der Waals surface area contributed by atoms with Crippen molar-refractivity contribution in [1.82, 2.24) is 9.78 Å². The lowest BCUT2D eigenvalue weighted by Gasteiger charge is -2.18. The number of alkyl halides is 2. The van der Waals surface area contributed by atoms with Crippen LogP contribution >= 0.6 is 0 Å². The van der Waals surface area contributed by atoms with Gasteiger partial charge >= 0.3 is 0 Å². The van der Waals surface area contributed by atoms with Crippen LogP contribution in [0, 0.1) is 10.1 Å². The van der Waals surface area contributed by atoms with Crippen LogP contribution < -0.4 is 10.6 Å². The molecule has 1 aliphatic rings. The molecule has 0 radical (unpaired) electrons. The first-order chi connectivity index (χ1) is 11.5. The van der Waals surface area contributed by atoms with Crippen LogP contribution in [0.1, 0.15) is 10.4 Å². The maximum Gasteiger partial charge on any atom is 0.280 e. The largest absolute Gasteiger partial charge is 0.366 e. The van der Waals surface area contributed by atoms with Gasteiger partial charge in [-0.1, -0.05) is 0 Å². The van der Waals surface area contributed by atoms with Crippen molar-refractivity contribution in [2.24, 2.45) is 0 Å². The average Bonchev–Trinajstić information content (AvgIpc) is 2.99. The summed E-state index contributed by atoms with van der Waals surface area (Å²) in [5, 5.41) is 19.8. The highest BCUT2D eigenvalue weighted by atomic mass is 19.3. The molecule has 24 heavy (non-hydrogen) atoms. The number of allylic oxidation sites excluding steroid dienone is 1. The van der Waals surface area contributed by atoms with Crippen molar-refractivity contribution in [3.63, 3.8) is 0 Å². The molecule has 0 fully saturated rings. The molecular formula is C14H11F2N5O3. The number of amides is 1. The fourth-order valence-electron chi connectivity index (χ4n) is 2.27. The number of anilines is 2. The Morgan fingerprint density at radius 1 is 1.38 bits per heavy atom. The molecule has 2 N–H and O–H groups in total. The molecule has 2 aromatic rings. The van der Waals surface area contributed by atoms with E-state index in [0.29, 0.717) is 5.69 Å². The Balaban J connectivity index is 1.82. The lowest BCUT2D eigenvalue weighted by molar-refractivity contribution is -0.384. The van der Waals surface area contributed by atoms with Crippen LogP contribution in [-0.2, 0) is 0 Å². The Labute approximate surface area is 133 Å². The molecule has 0 saturated heterocycles. The summed E-state index contributed by atoms with van der Waals surface area (Å²) in [5.74, 6) is -0.389. The molecule has 0 saturated carbocycles. The summed E-state index contributed by atoms with van der Waals surface area (Å²) in [6.45, 7) is 0.156. The van der Waals surface area contributed by atoms with Crippen LogP contribution in [0.2, 0.25) is 0 Å². The number of fused-ring (bicyclic) bond motifs is 1. The average molecular weight is 335 g/mol. The van der Waals surface area contributed by atoms with Crippen molar-refractivity contribution < 1.29 is 18.5 Å². The third-order valence-corrected chi connectivity index (χ3v) is 3.40. The molecule has 2 heterocycles. The molecule has 0 spiro atoms. The van der Waals surface area contributed by atoms with Gasteiger partial charge in [-0.3, -0.25) is 14.9 Å². The molecule has 1 aromatic heterocycles. The number of nitrogens with one attached hydrogen (secondary N) is 2. The standard InChI is InChI=1S/C14H11F2N5O3/c15-12(16)11-5-6-17-13-10(7-18-20(11)13)14(22)19-8-1-3-9(4-2-8)21(23)24/h1-5,7,12,17H,6H2,(H,19,22). The molecule has 8 nitrogen and oxygen atoms in total. The molecule has 124 valence electrons. The van der Waals surface area contributed by atoms with Gasteiger partial charge in [0.15, 0.2) is 0 Å². The summed E-state index contributed by atoms with van der Waals surface area (Å²) in [5.41, 5.74) is 0.0352. The SMILES string of the molecule is O=C(Nc1ccc([N+](=O)[O-])cc1)c1cnn2c1NCC=C2C(F)F. The lowest BCUT2D eigenvalue weighted by atomic mass is 10.2. The van der Waals surface area contributed by atoms with Gasteiger partial charge in [0.2, 0.25) is 0 Å². The number of hydrogen-bond donors (Lipinski definition) is 2. The number of nitro benzene ring substituents is 1. The van der Waals surface area contributed by atoms with Gasteiger partial charge in [0, 0.05) is 24.4 Å². The van der Waals surface area contributed by atoms with E-state index in [4.69, 9.17) is 0 Å².